The summed E-state index contributed by atoms with van der Waals surface area (Å²) in [5, 5.41) is 14.3. The molecule has 108 valence electrons. The molecule has 0 atom stereocenters. The molecule has 0 aromatic carbocycles. The Morgan fingerprint density at radius 3 is 2.90 bits per heavy atom. The molecule has 2 N–H and O–H groups in total. The molecule has 1 fully saturated rings. The monoisotopic (exact) mass is 276 g/mol. The molecule has 7 nitrogen and oxygen atoms in total. The van der Waals surface area contributed by atoms with Crippen molar-refractivity contribution in [3.05, 3.63) is 11.8 Å². The fourth-order valence-corrected chi connectivity index (χ4v) is 2.61. The molecule has 1 aliphatic heterocycles. The zero-order valence-corrected chi connectivity index (χ0v) is 11.9. The maximum absolute atomic E-state index is 5.19. The minimum Gasteiger partial charge on any atom is -0.353 e. The molecule has 0 bridgehead atoms. The van der Waals surface area contributed by atoms with Crippen molar-refractivity contribution >= 4 is 5.95 Å². The Morgan fingerprint density at radius 2 is 2.25 bits per heavy atom. The average molecular weight is 276 g/mol. The summed E-state index contributed by atoms with van der Waals surface area (Å²) < 4.78 is 5.19. The van der Waals surface area contributed by atoms with Crippen molar-refractivity contribution in [1.29, 1.82) is 0 Å². The van der Waals surface area contributed by atoms with Gasteiger partial charge in [0.1, 0.15) is 0 Å². The number of H-pyrrole nitrogens is 1. The van der Waals surface area contributed by atoms with Gasteiger partial charge in [0.15, 0.2) is 5.82 Å². The van der Waals surface area contributed by atoms with Crippen LogP contribution in [0.25, 0.3) is 11.6 Å². The van der Waals surface area contributed by atoms with Crippen LogP contribution in [0.4, 0.5) is 5.95 Å². The number of aryl methyl sites for hydroxylation is 1. The predicted octanol–water partition coefficient (Wildman–Crippen LogP) is 1.20. The SMILES string of the molecule is CNCC1CCN(c2n[nH]c(-c3cc(C)no3)n2)CC1. The highest BCUT2D eigenvalue weighted by Gasteiger charge is 2.22. The number of nitrogens with zero attached hydrogens (tertiary/aromatic N) is 4. The number of anilines is 1. The van der Waals surface area contributed by atoms with Crippen LogP contribution in [0.3, 0.4) is 0 Å². The fourth-order valence-electron chi connectivity index (χ4n) is 2.61. The van der Waals surface area contributed by atoms with Crippen molar-refractivity contribution in [2.45, 2.75) is 19.8 Å². The van der Waals surface area contributed by atoms with Gasteiger partial charge in [-0.1, -0.05) is 5.16 Å². The Labute approximate surface area is 117 Å². The molecule has 0 amide bonds. The standard InChI is InChI=1S/C13H20N6O/c1-9-7-11(20-18-9)12-15-13(17-16-12)19-5-3-10(4-6-19)8-14-2/h7,10,14H,3-6,8H2,1-2H3,(H,15,16,17). The quantitative estimate of drug-likeness (QED) is 0.873. The molecule has 0 unspecified atom stereocenters. The maximum Gasteiger partial charge on any atom is 0.245 e. The molecule has 7 heteroatoms. The highest BCUT2D eigenvalue weighted by atomic mass is 16.5. The highest BCUT2D eigenvalue weighted by Crippen LogP contribution is 2.22. The molecular weight excluding hydrogens is 256 g/mol. The predicted molar refractivity (Wildman–Crippen MR) is 75.5 cm³/mol. The smallest absolute Gasteiger partial charge is 0.245 e. The summed E-state index contributed by atoms with van der Waals surface area (Å²) in [4.78, 5) is 6.72. The van der Waals surface area contributed by atoms with Gasteiger partial charge in [0.2, 0.25) is 11.7 Å². The molecule has 3 heterocycles. The van der Waals surface area contributed by atoms with Crippen LogP contribution in [0.1, 0.15) is 18.5 Å². The van der Waals surface area contributed by atoms with Crippen molar-refractivity contribution in [3.63, 3.8) is 0 Å². The third-order valence-electron chi connectivity index (χ3n) is 3.73. The fraction of sp³-hybridized carbons (Fsp3) is 0.615. The Bertz CT molecular complexity index is 555. The molecule has 3 rings (SSSR count). The number of nitrogens with one attached hydrogen (secondary N) is 2. The van der Waals surface area contributed by atoms with Crippen LogP contribution in [0.2, 0.25) is 0 Å². The van der Waals surface area contributed by atoms with E-state index in [1.54, 1.807) is 0 Å². The Hall–Kier alpha value is -1.89. The van der Waals surface area contributed by atoms with E-state index in [2.05, 4.69) is 30.6 Å². The number of piperidine rings is 1. The molecule has 20 heavy (non-hydrogen) atoms. The van der Waals surface area contributed by atoms with E-state index < -0.39 is 0 Å². The minimum absolute atomic E-state index is 0.631. The van der Waals surface area contributed by atoms with Crippen molar-refractivity contribution in [2.75, 3.05) is 31.6 Å². The van der Waals surface area contributed by atoms with Gasteiger partial charge in [0.05, 0.1) is 5.69 Å². The second-order valence-electron chi connectivity index (χ2n) is 5.30. The van der Waals surface area contributed by atoms with Gasteiger partial charge in [0, 0.05) is 19.2 Å². The summed E-state index contributed by atoms with van der Waals surface area (Å²) in [6.45, 7) is 4.97. The van der Waals surface area contributed by atoms with Crippen LogP contribution in [-0.4, -0.2) is 47.0 Å². The summed E-state index contributed by atoms with van der Waals surface area (Å²) in [5.74, 6) is 2.77. The minimum atomic E-state index is 0.631. The lowest BCUT2D eigenvalue weighted by molar-refractivity contribution is 0.391. The molecule has 1 aliphatic rings. The van der Waals surface area contributed by atoms with E-state index in [1.165, 1.54) is 12.8 Å². The van der Waals surface area contributed by atoms with Gasteiger partial charge < -0.3 is 14.7 Å². The lowest BCUT2D eigenvalue weighted by Crippen LogP contribution is -2.37. The van der Waals surface area contributed by atoms with E-state index in [1.807, 2.05) is 20.0 Å². The van der Waals surface area contributed by atoms with E-state index in [-0.39, 0.29) is 0 Å². The number of hydrogen-bond acceptors (Lipinski definition) is 6. The topological polar surface area (TPSA) is 82.9 Å². The van der Waals surface area contributed by atoms with E-state index in [0.717, 1.165) is 37.2 Å². The second kappa shape index (κ2) is 5.62. The average Bonchev–Trinajstić information content (AvgIpc) is 3.09. The number of rotatable bonds is 4. The summed E-state index contributed by atoms with van der Waals surface area (Å²) >= 11 is 0. The molecule has 2 aromatic rings. The summed E-state index contributed by atoms with van der Waals surface area (Å²) in [6.07, 6.45) is 2.35. The van der Waals surface area contributed by atoms with Crippen LogP contribution in [0, 0.1) is 12.8 Å². The van der Waals surface area contributed by atoms with Crippen molar-refractivity contribution in [1.82, 2.24) is 25.7 Å². The van der Waals surface area contributed by atoms with Gasteiger partial charge >= 0.3 is 0 Å². The van der Waals surface area contributed by atoms with Gasteiger partial charge in [-0.3, -0.25) is 5.10 Å². The molecule has 0 spiro atoms. The van der Waals surface area contributed by atoms with Crippen LogP contribution in [0.15, 0.2) is 10.6 Å². The van der Waals surface area contributed by atoms with Crippen molar-refractivity contribution in [2.24, 2.45) is 5.92 Å². The first kappa shape index (κ1) is 13.1. The zero-order chi connectivity index (χ0) is 13.9. The van der Waals surface area contributed by atoms with Gasteiger partial charge in [-0.2, -0.15) is 4.98 Å². The van der Waals surface area contributed by atoms with Crippen LogP contribution < -0.4 is 10.2 Å². The molecule has 0 aliphatic carbocycles. The Morgan fingerprint density at radius 1 is 1.45 bits per heavy atom. The van der Waals surface area contributed by atoms with E-state index in [4.69, 9.17) is 4.52 Å². The summed E-state index contributed by atoms with van der Waals surface area (Å²) in [7, 11) is 2.01. The van der Waals surface area contributed by atoms with Crippen LogP contribution >= 0.6 is 0 Å². The molecule has 0 saturated carbocycles. The first-order valence-corrected chi connectivity index (χ1v) is 7.02. The van der Waals surface area contributed by atoms with Gasteiger partial charge in [-0.25, -0.2) is 0 Å². The largest absolute Gasteiger partial charge is 0.353 e. The van der Waals surface area contributed by atoms with Gasteiger partial charge in [-0.05, 0) is 39.3 Å². The maximum atomic E-state index is 5.19. The lowest BCUT2D eigenvalue weighted by atomic mass is 9.97. The third kappa shape index (κ3) is 2.67. The van der Waals surface area contributed by atoms with Crippen LogP contribution in [0.5, 0.6) is 0 Å². The summed E-state index contributed by atoms with van der Waals surface area (Å²) in [5.41, 5.74) is 0.839. The second-order valence-corrected chi connectivity index (χ2v) is 5.30. The van der Waals surface area contributed by atoms with Crippen LogP contribution in [-0.2, 0) is 0 Å². The number of aromatic nitrogens is 4. The first-order chi connectivity index (χ1) is 9.76. The highest BCUT2D eigenvalue weighted by molar-refractivity contribution is 5.49. The first-order valence-electron chi connectivity index (χ1n) is 7.02. The zero-order valence-electron chi connectivity index (χ0n) is 11.9. The summed E-state index contributed by atoms with van der Waals surface area (Å²) in [6, 6.07) is 1.85. The van der Waals surface area contributed by atoms with E-state index in [0.29, 0.717) is 11.6 Å². The van der Waals surface area contributed by atoms with Gasteiger partial charge in [-0.15, -0.1) is 5.10 Å². The normalized spacial score (nSPS) is 16.8. The molecule has 2 aromatic heterocycles. The third-order valence-corrected chi connectivity index (χ3v) is 3.73. The molecular formula is C13H20N6O. The van der Waals surface area contributed by atoms with Gasteiger partial charge in [0.25, 0.3) is 0 Å². The molecule has 1 saturated heterocycles. The Kier molecular flexibility index (Phi) is 3.68. The Balaban J connectivity index is 1.66. The lowest BCUT2D eigenvalue weighted by Gasteiger charge is -2.30. The van der Waals surface area contributed by atoms with Crippen molar-refractivity contribution < 1.29 is 4.52 Å². The van der Waals surface area contributed by atoms with E-state index >= 15 is 0 Å². The number of hydrogen-bond donors (Lipinski definition) is 2. The number of aromatic amines is 1. The van der Waals surface area contributed by atoms with Crippen molar-refractivity contribution in [3.8, 4) is 11.6 Å². The van der Waals surface area contributed by atoms with E-state index in [9.17, 15) is 0 Å². The molecule has 0 radical (unpaired) electrons.